The molecule has 0 spiro atoms. The first kappa shape index (κ1) is 36.5. The van der Waals surface area contributed by atoms with Crippen LogP contribution in [0, 0.1) is 0 Å². The minimum absolute atomic E-state index is 0.171. The van der Waals surface area contributed by atoms with Gasteiger partial charge in [0.1, 0.15) is 23.7 Å². The number of fused-ring (bicyclic) bond motifs is 3. The molecule has 4 aromatic carbocycles. The highest BCUT2D eigenvalue weighted by Gasteiger charge is 2.36. The van der Waals surface area contributed by atoms with E-state index < -0.39 is 24.3 Å². The van der Waals surface area contributed by atoms with Crippen molar-refractivity contribution in [3.05, 3.63) is 84.4 Å². The molecule has 0 aliphatic carbocycles. The van der Waals surface area contributed by atoms with Crippen LogP contribution in [0.25, 0.3) is 55.1 Å². The molecule has 8 rings (SSSR count). The van der Waals surface area contributed by atoms with Gasteiger partial charge in [0, 0.05) is 13.1 Å². The third kappa shape index (κ3) is 6.98. The van der Waals surface area contributed by atoms with Gasteiger partial charge in [0.05, 0.1) is 48.4 Å². The minimum atomic E-state index is -0.714. The lowest BCUT2D eigenvalue weighted by Crippen LogP contribution is -2.46. The number of hydrogen-bond donors (Lipinski definition) is 4. The summed E-state index contributed by atoms with van der Waals surface area (Å²) < 4.78 is 9.35. The number of H-pyrrole nitrogens is 2. The van der Waals surface area contributed by atoms with Crippen molar-refractivity contribution in [1.29, 1.82) is 0 Å². The largest absolute Gasteiger partial charge is 0.453 e. The molecule has 0 saturated carbocycles. The molecule has 0 bridgehead atoms. The van der Waals surface area contributed by atoms with E-state index in [4.69, 9.17) is 9.97 Å². The Morgan fingerprint density at radius 2 is 1.04 bits per heavy atom. The number of hydrogen-bond acceptors (Lipinski definition) is 8. The van der Waals surface area contributed by atoms with Gasteiger partial charge >= 0.3 is 12.2 Å². The molecule has 2 aliphatic heterocycles. The number of carbonyl (C=O) groups is 4. The van der Waals surface area contributed by atoms with Crippen molar-refractivity contribution < 1.29 is 28.7 Å². The molecule has 14 nitrogen and oxygen atoms in total. The zero-order valence-electron chi connectivity index (χ0n) is 31.7. The molecule has 2 aromatic heterocycles. The van der Waals surface area contributed by atoms with Crippen molar-refractivity contribution in [2.75, 3.05) is 27.3 Å². The summed E-state index contributed by atoms with van der Waals surface area (Å²) in [5.74, 6) is 1.12. The van der Waals surface area contributed by atoms with E-state index in [1.54, 1.807) is 23.6 Å². The summed E-state index contributed by atoms with van der Waals surface area (Å²) in [5, 5.41) is 7.37. The van der Waals surface area contributed by atoms with Gasteiger partial charge in [-0.25, -0.2) is 19.6 Å². The molecule has 0 radical (unpaired) electrons. The quantitative estimate of drug-likeness (QED) is 0.132. The number of carbonyl (C=O) groups excluding carboxylic acids is 4. The summed E-state index contributed by atoms with van der Waals surface area (Å²) in [7, 11) is 2.55. The van der Waals surface area contributed by atoms with E-state index in [9.17, 15) is 19.2 Å². The first-order valence-corrected chi connectivity index (χ1v) is 18.9. The van der Waals surface area contributed by atoms with E-state index in [-0.39, 0.29) is 23.9 Å². The number of methoxy groups -OCH3 is 2. The standard InChI is InChI=1S/C42H44N8O6/c1-23(43-41(53)55-3)39(51)49-17-5-7-35(49)37-45-31-15-13-28(21-33(31)47-37)26-11-9-25-10-12-27(20-30(25)19-26)29-14-16-32-34(22-29)48-38(46-32)36-8-6-18-50(36)40(52)24(2)44-42(54)56-4/h9-16,19-24,35-36H,5-8,17-18H2,1-4H3,(H,43,53)(H,44,54)(H,45,47)(H,46,48). The van der Waals surface area contributed by atoms with Crippen LogP contribution in [0.2, 0.25) is 0 Å². The van der Waals surface area contributed by atoms with Gasteiger partial charge < -0.3 is 39.9 Å². The number of amides is 4. The summed E-state index contributed by atoms with van der Waals surface area (Å²) >= 11 is 0. The van der Waals surface area contributed by atoms with Crippen LogP contribution in [0.5, 0.6) is 0 Å². The van der Waals surface area contributed by atoms with Gasteiger partial charge in [0.15, 0.2) is 0 Å². The molecule has 14 heteroatoms. The lowest BCUT2D eigenvalue weighted by molar-refractivity contribution is -0.134. The molecule has 2 aliphatic rings. The number of aromatic nitrogens is 4. The molecule has 288 valence electrons. The molecule has 2 fully saturated rings. The zero-order chi connectivity index (χ0) is 39.1. The molecular formula is C42H44N8O6. The minimum Gasteiger partial charge on any atom is -0.453 e. The second-order valence-electron chi connectivity index (χ2n) is 14.6. The molecular weight excluding hydrogens is 713 g/mol. The van der Waals surface area contributed by atoms with Crippen LogP contribution >= 0.6 is 0 Å². The van der Waals surface area contributed by atoms with E-state index in [2.05, 4.69) is 90.7 Å². The zero-order valence-corrected chi connectivity index (χ0v) is 31.7. The van der Waals surface area contributed by atoms with Gasteiger partial charge in [0.2, 0.25) is 11.8 Å². The van der Waals surface area contributed by atoms with E-state index >= 15 is 0 Å². The van der Waals surface area contributed by atoms with Crippen molar-refractivity contribution in [2.24, 2.45) is 0 Å². The Balaban J connectivity index is 1.02. The Kier molecular flexibility index (Phi) is 9.79. The van der Waals surface area contributed by atoms with Crippen molar-refractivity contribution in [1.82, 2.24) is 40.4 Å². The highest BCUT2D eigenvalue weighted by molar-refractivity contribution is 5.93. The van der Waals surface area contributed by atoms with Gasteiger partial charge in [-0.1, -0.05) is 36.4 Å². The molecule has 4 amide bonds. The normalized spacial score (nSPS) is 18.0. The summed E-state index contributed by atoms with van der Waals surface area (Å²) in [4.78, 5) is 70.2. The highest BCUT2D eigenvalue weighted by Crippen LogP contribution is 2.36. The maximum Gasteiger partial charge on any atom is 0.407 e. The van der Waals surface area contributed by atoms with E-state index in [1.165, 1.54) is 14.2 Å². The van der Waals surface area contributed by atoms with Gasteiger partial charge in [-0.15, -0.1) is 0 Å². The van der Waals surface area contributed by atoms with Crippen LogP contribution in [0.15, 0.2) is 72.8 Å². The number of rotatable bonds is 8. The number of alkyl carbamates (subject to hydrolysis) is 2. The molecule has 4 heterocycles. The van der Waals surface area contributed by atoms with Gasteiger partial charge in [-0.2, -0.15) is 0 Å². The summed E-state index contributed by atoms with van der Waals surface area (Å²) in [5.41, 5.74) is 7.62. The number of benzene rings is 4. The fourth-order valence-electron chi connectivity index (χ4n) is 8.06. The Morgan fingerprint density at radius 3 is 1.46 bits per heavy atom. The molecule has 4 N–H and O–H groups in total. The van der Waals surface area contributed by atoms with Crippen molar-refractivity contribution in [3.8, 4) is 22.3 Å². The summed E-state index contributed by atoms with van der Waals surface area (Å²) in [6.45, 7) is 4.50. The summed E-state index contributed by atoms with van der Waals surface area (Å²) in [6, 6.07) is 23.4. The van der Waals surface area contributed by atoms with E-state index in [0.29, 0.717) is 13.1 Å². The van der Waals surface area contributed by atoms with Crippen LogP contribution in [0.3, 0.4) is 0 Å². The van der Waals surface area contributed by atoms with Gasteiger partial charge in [-0.05, 0) is 109 Å². The van der Waals surface area contributed by atoms with Crippen molar-refractivity contribution in [2.45, 2.75) is 63.7 Å². The number of nitrogens with zero attached hydrogens (tertiary/aromatic N) is 4. The average molecular weight is 757 g/mol. The number of likely N-dealkylation sites (tertiary alicyclic amines) is 2. The number of aromatic amines is 2. The average Bonchev–Trinajstić information content (AvgIpc) is 4.04. The first-order valence-electron chi connectivity index (χ1n) is 18.9. The first-order chi connectivity index (χ1) is 27.1. The van der Waals surface area contributed by atoms with Crippen LogP contribution in [0.1, 0.15) is 63.3 Å². The second kappa shape index (κ2) is 15.0. The second-order valence-corrected chi connectivity index (χ2v) is 14.6. The monoisotopic (exact) mass is 756 g/mol. The fourth-order valence-corrected chi connectivity index (χ4v) is 8.06. The molecule has 6 aromatic rings. The SMILES string of the molecule is COC(=O)NC(C)C(=O)N1CCCC1c1nc2ccc(-c3ccc4ccc(-c5ccc6nc(C7CCCN7C(=O)C(C)NC(=O)OC)[nH]c6c5)cc4c3)cc2[nH]1. The topological polar surface area (TPSA) is 175 Å². The van der Waals surface area contributed by atoms with Crippen molar-refractivity contribution >= 4 is 56.8 Å². The van der Waals surface area contributed by atoms with Crippen LogP contribution in [-0.4, -0.2) is 93.1 Å². The molecule has 56 heavy (non-hydrogen) atoms. The lowest BCUT2D eigenvalue weighted by Gasteiger charge is -2.26. The maximum atomic E-state index is 13.2. The Morgan fingerprint density at radius 1 is 0.625 bits per heavy atom. The van der Waals surface area contributed by atoms with Crippen LogP contribution in [0.4, 0.5) is 9.59 Å². The lowest BCUT2D eigenvalue weighted by atomic mass is 9.97. The Labute approximate surface area is 322 Å². The summed E-state index contributed by atoms with van der Waals surface area (Å²) in [6.07, 6.45) is 1.97. The van der Waals surface area contributed by atoms with Crippen LogP contribution in [-0.2, 0) is 19.1 Å². The van der Waals surface area contributed by atoms with E-state index in [1.807, 2.05) is 12.1 Å². The molecule has 4 atom stereocenters. The fraction of sp³-hybridized carbons (Fsp3) is 0.333. The third-order valence-corrected chi connectivity index (χ3v) is 11.0. The predicted octanol–water partition coefficient (Wildman–Crippen LogP) is 6.74. The van der Waals surface area contributed by atoms with Gasteiger partial charge in [-0.3, -0.25) is 9.59 Å². The number of ether oxygens (including phenoxy) is 2. The van der Waals surface area contributed by atoms with E-state index in [0.717, 1.165) is 92.4 Å². The third-order valence-electron chi connectivity index (χ3n) is 11.0. The Hall–Kier alpha value is -6.44. The molecule has 4 unspecified atom stereocenters. The maximum absolute atomic E-state index is 13.2. The van der Waals surface area contributed by atoms with Crippen LogP contribution < -0.4 is 10.6 Å². The van der Waals surface area contributed by atoms with Gasteiger partial charge in [0.25, 0.3) is 0 Å². The smallest absolute Gasteiger partial charge is 0.407 e. The highest BCUT2D eigenvalue weighted by atomic mass is 16.5. The van der Waals surface area contributed by atoms with Crippen molar-refractivity contribution in [3.63, 3.8) is 0 Å². The predicted molar refractivity (Wildman–Crippen MR) is 212 cm³/mol. The number of nitrogens with one attached hydrogen (secondary N) is 4. The Bertz CT molecular complexity index is 2330. The number of imidazole rings is 2. The molecule has 2 saturated heterocycles.